The molecule has 2 aromatic carbocycles. The highest BCUT2D eigenvalue weighted by atomic mass is 19.1. The number of epoxide rings is 1. The maximum absolute atomic E-state index is 13.8. The zero-order valence-corrected chi connectivity index (χ0v) is 36.9. The number of carboxylic acid groups (broad SMARTS) is 2. The number of carboxylic acids is 2. The third kappa shape index (κ3) is 13.3. The predicted molar refractivity (Wildman–Crippen MR) is 245 cm³/mol. The Morgan fingerprint density at radius 3 is 1.66 bits per heavy atom. The lowest BCUT2D eigenvalue weighted by Crippen LogP contribution is -2.52. The molecule has 4 atom stereocenters. The Hall–Kier alpha value is -4.58. The molecular formula is C48H66F2N8O6. The molecule has 0 bridgehead atoms. The smallest absolute Gasteiger partial charge is 0.320 e. The number of aromatic nitrogens is 2. The third-order valence-corrected chi connectivity index (χ3v) is 13.5. The number of aliphatic carboxylic acids is 2. The molecule has 1 unspecified atom stereocenters. The standard InChI is InChI=1S/C24H33FN4O3.C16H18FN3O.C8H15NO2/c25-19-7-6-17-8-9-26-23(21(17)14-19)29-12-10-28(11-13-29)16-20(30)15-27-22(24(31)32)18-4-2-1-3-5-18;17-13-2-1-12-3-4-18-16(15(12)9-13)20-7-5-19(6-8-20)10-14-11-21-14;9-7(8(10)11)6-4-2-1-3-5-6/h6-9,14,18,20,22,27,30H,1-5,10-13,15-16H2,(H,31,32);1-4,9,14H,5-8,10-11H2;6-7H,1-5,9H2,(H,10,11)/t20-,22-;;7-/m0.0/s1. The van der Waals surface area contributed by atoms with E-state index in [1.807, 2.05) is 18.2 Å². The molecule has 5 aliphatic rings. The zero-order chi connectivity index (χ0) is 45.0. The van der Waals surface area contributed by atoms with E-state index >= 15 is 0 Å². The summed E-state index contributed by atoms with van der Waals surface area (Å²) in [6.07, 6.45) is 14.1. The minimum atomic E-state index is -0.850. The van der Waals surface area contributed by atoms with E-state index in [-0.39, 0.29) is 30.0 Å². The molecule has 0 amide bonds. The van der Waals surface area contributed by atoms with Crippen LogP contribution in [0.2, 0.25) is 0 Å². The number of aliphatic hydroxyl groups is 1. The summed E-state index contributed by atoms with van der Waals surface area (Å²) in [6, 6.07) is 12.3. The minimum absolute atomic E-state index is 0.148. The molecule has 348 valence electrons. The second kappa shape index (κ2) is 23.0. The summed E-state index contributed by atoms with van der Waals surface area (Å²) in [5, 5.41) is 35.5. The van der Waals surface area contributed by atoms with Crippen LogP contribution in [-0.4, -0.2) is 150 Å². The van der Waals surface area contributed by atoms with Crippen molar-refractivity contribution in [2.45, 2.75) is 88.5 Å². The summed E-state index contributed by atoms with van der Waals surface area (Å²) in [5.74, 6) is -0.0879. The van der Waals surface area contributed by atoms with E-state index in [9.17, 15) is 28.6 Å². The molecule has 16 heteroatoms. The average Bonchev–Trinajstić information content (AvgIpc) is 4.14. The molecule has 2 saturated carbocycles. The number of piperazine rings is 2. The Morgan fingerprint density at radius 1 is 0.703 bits per heavy atom. The molecule has 6 N–H and O–H groups in total. The summed E-state index contributed by atoms with van der Waals surface area (Å²) >= 11 is 0. The van der Waals surface area contributed by atoms with Crippen molar-refractivity contribution in [2.75, 3.05) is 88.4 Å². The highest BCUT2D eigenvalue weighted by molar-refractivity contribution is 5.93. The number of benzene rings is 2. The Morgan fingerprint density at radius 2 is 1.19 bits per heavy atom. The number of halogens is 2. The van der Waals surface area contributed by atoms with Crippen molar-refractivity contribution in [1.29, 1.82) is 0 Å². The fourth-order valence-corrected chi connectivity index (χ4v) is 9.74. The van der Waals surface area contributed by atoms with E-state index in [4.69, 9.17) is 15.6 Å². The maximum atomic E-state index is 13.8. The first-order valence-corrected chi connectivity index (χ1v) is 23.3. The van der Waals surface area contributed by atoms with Gasteiger partial charge in [0.15, 0.2) is 0 Å². The van der Waals surface area contributed by atoms with Gasteiger partial charge in [-0.3, -0.25) is 19.4 Å². The lowest BCUT2D eigenvalue weighted by Gasteiger charge is -2.37. The third-order valence-electron chi connectivity index (χ3n) is 13.5. The molecule has 5 fully saturated rings. The number of nitrogens with one attached hydrogen (secondary N) is 1. The molecule has 2 aromatic heterocycles. The number of pyridine rings is 2. The van der Waals surface area contributed by atoms with Gasteiger partial charge >= 0.3 is 11.9 Å². The first-order chi connectivity index (χ1) is 31.0. The monoisotopic (exact) mass is 889 g/mol. The number of nitrogens with zero attached hydrogens (tertiary/aromatic N) is 6. The largest absolute Gasteiger partial charge is 0.480 e. The number of carbonyl (C=O) groups is 2. The van der Waals surface area contributed by atoms with Crippen LogP contribution in [0.25, 0.3) is 21.5 Å². The molecule has 5 heterocycles. The molecule has 4 aromatic rings. The van der Waals surface area contributed by atoms with Gasteiger partial charge in [-0.15, -0.1) is 0 Å². The summed E-state index contributed by atoms with van der Waals surface area (Å²) in [4.78, 5) is 40.2. The Labute approximate surface area is 374 Å². The van der Waals surface area contributed by atoms with Crippen LogP contribution >= 0.6 is 0 Å². The number of hydrogen-bond donors (Lipinski definition) is 5. The SMILES string of the molecule is Fc1ccc2ccnc(N3CCN(CC4CO4)CC3)c2c1.N[C@H](C(=O)O)C1CCCCC1.O=C(O)[C@@H](NC[C@H](O)CN1CCN(c2nccc3ccc(F)cc23)CC1)C1CCCCC1. The molecule has 64 heavy (non-hydrogen) atoms. The first-order valence-electron chi connectivity index (χ1n) is 23.3. The average molecular weight is 889 g/mol. The first kappa shape index (κ1) is 47.4. The van der Waals surface area contributed by atoms with Gasteiger partial charge in [-0.1, -0.05) is 50.7 Å². The molecule has 3 saturated heterocycles. The fraction of sp³-hybridized carbons (Fsp3) is 0.583. The molecule has 2 aliphatic carbocycles. The van der Waals surface area contributed by atoms with Crippen molar-refractivity contribution in [3.8, 4) is 0 Å². The van der Waals surface area contributed by atoms with Crippen molar-refractivity contribution in [3.05, 3.63) is 72.6 Å². The quantitative estimate of drug-likeness (QED) is 0.108. The van der Waals surface area contributed by atoms with Crippen LogP contribution in [-0.2, 0) is 14.3 Å². The predicted octanol–water partition coefficient (Wildman–Crippen LogP) is 5.35. The van der Waals surface area contributed by atoms with Crippen molar-refractivity contribution >= 4 is 45.1 Å². The summed E-state index contributed by atoms with van der Waals surface area (Å²) in [5.41, 5.74) is 5.49. The van der Waals surface area contributed by atoms with Gasteiger partial charge in [0.2, 0.25) is 0 Å². The van der Waals surface area contributed by atoms with E-state index in [0.29, 0.717) is 12.6 Å². The number of rotatable bonds is 13. The van der Waals surface area contributed by atoms with E-state index < -0.39 is 30.1 Å². The van der Waals surface area contributed by atoms with Crippen LogP contribution in [0.4, 0.5) is 20.4 Å². The van der Waals surface area contributed by atoms with Gasteiger partial charge in [0, 0.05) is 95.2 Å². The van der Waals surface area contributed by atoms with Gasteiger partial charge in [0.1, 0.15) is 35.4 Å². The minimum Gasteiger partial charge on any atom is -0.480 e. The van der Waals surface area contributed by atoms with Gasteiger partial charge in [-0.25, -0.2) is 18.7 Å². The molecule has 3 aliphatic heterocycles. The van der Waals surface area contributed by atoms with E-state index in [2.05, 4.69) is 34.9 Å². The number of fused-ring (bicyclic) bond motifs is 2. The Kier molecular flexibility index (Phi) is 17.1. The van der Waals surface area contributed by atoms with E-state index in [1.165, 1.54) is 31.0 Å². The van der Waals surface area contributed by atoms with Gasteiger partial charge in [0.05, 0.1) is 18.8 Å². The molecule has 9 rings (SSSR count). The molecule has 0 spiro atoms. The van der Waals surface area contributed by atoms with Crippen LogP contribution in [0.15, 0.2) is 60.9 Å². The molecule has 14 nitrogen and oxygen atoms in total. The molecular weight excluding hydrogens is 823 g/mol. The van der Waals surface area contributed by atoms with Crippen molar-refractivity contribution < 1.29 is 38.4 Å². The number of anilines is 2. The van der Waals surface area contributed by atoms with Crippen LogP contribution in [0.1, 0.15) is 64.2 Å². The van der Waals surface area contributed by atoms with E-state index in [0.717, 1.165) is 150 Å². The van der Waals surface area contributed by atoms with Crippen molar-refractivity contribution in [1.82, 2.24) is 25.1 Å². The number of β-amino-alcohol motifs (C(OH)–C–C–N with tert-alkyl or cyclic N) is 1. The highest BCUT2D eigenvalue weighted by Crippen LogP contribution is 2.30. The van der Waals surface area contributed by atoms with Crippen LogP contribution in [0.5, 0.6) is 0 Å². The number of hydrogen-bond acceptors (Lipinski definition) is 12. The Balaban J connectivity index is 0.000000163. The summed E-state index contributed by atoms with van der Waals surface area (Å²) < 4.78 is 32.6. The number of nitrogens with two attached hydrogens (primary N) is 1. The van der Waals surface area contributed by atoms with Gasteiger partial charge in [-0.2, -0.15) is 0 Å². The summed E-state index contributed by atoms with van der Waals surface area (Å²) in [7, 11) is 0. The fourth-order valence-electron chi connectivity index (χ4n) is 9.74. The zero-order valence-electron chi connectivity index (χ0n) is 36.9. The van der Waals surface area contributed by atoms with Crippen LogP contribution < -0.4 is 20.9 Å². The van der Waals surface area contributed by atoms with Crippen molar-refractivity contribution in [3.63, 3.8) is 0 Å². The van der Waals surface area contributed by atoms with Crippen LogP contribution in [0.3, 0.4) is 0 Å². The van der Waals surface area contributed by atoms with Gasteiger partial charge < -0.3 is 40.9 Å². The lowest BCUT2D eigenvalue weighted by atomic mass is 9.84. The number of aliphatic hydroxyl groups excluding tert-OH is 1. The second-order valence-corrected chi connectivity index (χ2v) is 18.1. The van der Waals surface area contributed by atoms with Crippen molar-refractivity contribution in [2.24, 2.45) is 17.6 Å². The maximum Gasteiger partial charge on any atom is 0.320 e. The van der Waals surface area contributed by atoms with Gasteiger partial charge in [-0.05, 0) is 84.7 Å². The lowest BCUT2D eigenvalue weighted by molar-refractivity contribution is -0.142. The van der Waals surface area contributed by atoms with E-state index in [1.54, 1.807) is 24.5 Å². The Bertz CT molecular complexity index is 2120. The normalized spacial score (nSPS) is 21.6. The molecule has 0 radical (unpaired) electrons. The highest BCUT2D eigenvalue weighted by Gasteiger charge is 2.31. The summed E-state index contributed by atoms with van der Waals surface area (Å²) in [6.45, 7) is 9.57. The van der Waals surface area contributed by atoms with Gasteiger partial charge in [0.25, 0.3) is 0 Å². The second-order valence-electron chi connectivity index (χ2n) is 18.1. The topological polar surface area (TPSA) is 184 Å². The number of ether oxygens (including phenoxy) is 1. The van der Waals surface area contributed by atoms with Crippen LogP contribution in [0, 0.1) is 23.5 Å².